The van der Waals surface area contributed by atoms with Gasteiger partial charge in [0.15, 0.2) is 0 Å². The van der Waals surface area contributed by atoms with Crippen molar-refractivity contribution in [1.82, 2.24) is 4.90 Å². The Labute approximate surface area is 214 Å². The number of carbonyl (C=O) groups excluding carboxylic acids is 2. The number of halogens is 1. The summed E-state index contributed by atoms with van der Waals surface area (Å²) in [7, 11) is 0. The number of anilines is 1. The molecule has 176 valence electrons. The van der Waals surface area contributed by atoms with Gasteiger partial charge in [0.25, 0.3) is 5.91 Å². The molecule has 1 aliphatic carbocycles. The lowest BCUT2D eigenvalue weighted by Crippen LogP contribution is -2.37. The summed E-state index contributed by atoms with van der Waals surface area (Å²) in [4.78, 5) is 28.2. The molecule has 0 radical (unpaired) electrons. The van der Waals surface area contributed by atoms with Crippen LogP contribution in [0.3, 0.4) is 0 Å². The monoisotopic (exact) mass is 538 g/mol. The first-order chi connectivity index (χ1) is 16.5. The zero-order chi connectivity index (χ0) is 24.1. The maximum Gasteiger partial charge on any atom is 0.410 e. The maximum absolute atomic E-state index is 13.1. The molecule has 3 aromatic rings. The fourth-order valence-electron chi connectivity index (χ4n) is 3.91. The van der Waals surface area contributed by atoms with E-state index in [1.54, 1.807) is 18.2 Å². The highest BCUT2D eigenvalue weighted by molar-refractivity contribution is 9.10. The van der Waals surface area contributed by atoms with E-state index < -0.39 is 0 Å². The Morgan fingerprint density at radius 1 is 1.06 bits per heavy atom. The van der Waals surface area contributed by atoms with Crippen LogP contribution in [0.5, 0.6) is 0 Å². The minimum atomic E-state index is -0.301. The van der Waals surface area contributed by atoms with Crippen molar-refractivity contribution in [3.8, 4) is 0 Å². The summed E-state index contributed by atoms with van der Waals surface area (Å²) in [5.74, 6) is -0.217. The van der Waals surface area contributed by atoms with E-state index in [2.05, 4.69) is 52.9 Å². The van der Waals surface area contributed by atoms with E-state index in [-0.39, 0.29) is 30.7 Å². The van der Waals surface area contributed by atoms with Crippen LogP contribution in [0.4, 0.5) is 10.5 Å². The van der Waals surface area contributed by atoms with Gasteiger partial charge in [-0.3, -0.25) is 9.69 Å². The van der Waals surface area contributed by atoms with Gasteiger partial charge in [-0.05, 0) is 66.8 Å². The molecule has 0 aromatic heterocycles. The molecule has 1 fully saturated rings. The standard InChI is InChI=1S/C27H27BrN2O3S/c1-2-24(19-11-13-21(28)14-12-19)30(22-15-16-22)27(32)33-17-18-7-9-20(10-8-18)26(31)29-23-5-3-4-6-25(23)34/h3-14,22,24,34H,2,15-17H2,1H3,(H,29,31)/t24-/m0/s1. The van der Waals surface area contributed by atoms with E-state index in [1.165, 1.54) is 0 Å². The highest BCUT2D eigenvalue weighted by atomic mass is 79.9. The molecule has 3 aromatic carbocycles. The van der Waals surface area contributed by atoms with Crippen molar-refractivity contribution in [3.63, 3.8) is 0 Å². The lowest BCUT2D eigenvalue weighted by atomic mass is 10.0. The first kappa shape index (κ1) is 24.4. The predicted octanol–water partition coefficient (Wildman–Crippen LogP) is 7.24. The molecule has 5 nitrogen and oxygen atoms in total. The normalized spacial score (nSPS) is 13.7. The van der Waals surface area contributed by atoms with Crippen LogP contribution in [0.15, 0.2) is 82.2 Å². The van der Waals surface area contributed by atoms with Crippen molar-refractivity contribution in [2.75, 3.05) is 5.32 Å². The van der Waals surface area contributed by atoms with Crippen LogP contribution in [-0.2, 0) is 11.3 Å². The molecular weight excluding hydrogens is 512 g/mol. The molecule has 0 saturated heterocycles. The van der Waals surface area contributed by atoms with Crippen molar-refractivity contribution in [3.05, 3.63) is 94.0 Å². The quantitative estimate of drug-likeness (QED) is 0.297. The number of ether oxygens (including phenoxy) is 1. The topological polar surface area (TPSA) is 58.6 Å². The van der Waals surface area contributed by atoms with Gasteiger partial charge in [0.1, 0.15) is 6.61 Å². The van der Waals surface area contributed by atoms with Crippen molar-refractivity contribution < 1.29 is 14.3 Å². The average molecular weight is 539 g/mol. The number of para-hydroxylation sites is 1. The fourth-order valence-corrected chi connectivity index (χ4v) is 4.39. The minimum absolute atomic E-state index is 0.0196. The lowest BCUT2D eigenvalue weighted by Gasteiger charge is -2.31. The number of rotatable bonds is 8. The third kappa shape index (κ3) is 6.02. The molecular formula is C27H27BrN2O3S. The Kier molecular flexibility index (Phi) is 7.95. The number of benzene rings is 3. The van der Waals surface area contributed by atoms with Crippen LogP contribution in [0, 0.1) is 0 Å². The molecule has 1 aliphatic rings. The van der Waals surface area contributed by atoms with Gasteiger partial charge in [0, 0.05) is 21.0 Å². The Balaban J connectivity index is 1.38. The third-order valence-corrected chi connectivity index (χ3v) is 6.78. The first-order valence-electron chi connectivity index (χ1n) is 11.3. The summed E-state index contributed by atoms with van der Waals surface area (Å²) in [5, 5.41) is 2.86. The Morgan fingerprint density at radius 3 is 2.35 bits per heavy atom. The highest BCUT2D eigenvalue weighted by Gasteiger charge is 2.38. The summed E-state index contributed by atoms with van der Waals surface area (Å²) < 4.78 is 6.71. The smallest absolute Gasteiger partial charge is 0.410 e. The van der Waals surface area contributed by atoms with Crippen LogP contribution in [-0.4, -0.2) is 22.9 Å². The molecule has 2 amide bonds. The van der Waals surface area contributed by atoms with Crippen molar-refractivity contribution >= 4 is 46.2 Å². The van der Waals surface area contributed by atoms with E-state index in [4.69, 9.17) is 4.74 Å². The summed E-state index contributed by atoms with van der Waals surface area (Å²) in [6, 6.07) is 22.7. The van der Waals surface area contributed by atoms with E-state index in [1.807, 2.05) is 47.4 Å². The van der Waals surface area contributed by atoms with Gasteiger partial charge in [-0.2, -0.15) is 0 Å². The van der Waals surface area contributed by atoms with Crippen LogP contribution in [0.2, 0.25) is 0 Å². The van der Waals surface area contributed by atoms with Crippen LogP contribution in [0.1, 0.15) is 53.7 Å². The Morgan fingerprint density at radius 2 is 1.74 bits per heavy atom. The molecule has 4 rings (SSSR count). The van der Waals surface area contributed by atoms with Gasteiger partial charge in [0.2, 0.25) is 0 Å². The van der Waals surface area contributed by atoms with E-state index >= 15 is 0 Å². The van der Waals surface area contributed by atoms with E-state index in [9.17, 15) is 9.59 Å². The largest absolute Gasteiger partial charge is 0.445 e. The number of carbonyl (C=O) groups is 2. The molecule has 7 heteroatoms. The van der Waals surface area contributed by atoms with Gasteiger partial charge in [0.05, 0.1) is 11.7 Å². The molecule has 0 unspecified atom stereocenters. The third-order valence-electron chi connectivity index (χ3n) is 5.86. The number of thiol groups is 1. The fraction of sp³-hybridized carbons (Fsp3) is 0.259. The molecule has 1 N–H and O–H groups in total. The number of amides is 2. The lowest BCUT2D eigenvalue weighted by molar-refractivity contribution is 0.0755. The molecule has 0 bridgehead atoms. The van der Waals surface area contributed by atoms with Gasteiger partial charge in [-0.15, -0.1) is 12.6 Å². The van der Waals surface area contributed by atoms with Gasteiger partial charge in [-0.25, -0.2) is 4.79 Å². The highest BCUT2D eigenvalue weighted by Crippen LogP contribution is 2.37. The zero-order valence-corrected chi connectivity index (χ0v) is 21.4. The number of hydrogen-bond acceptors (Lipinski definition) is 4. The van der Waals surface area contributed by atoms with Crippen LogP contribution in [0.25, 0.3) is 0 Å². The predicted molar refractivity (Wildman–Crippen MR) is 140 cm³/mol. The molecule has 0 aliphatic heterocycles. The average Bonchev–Trinajstić information content (AvgIpc) is 3.68. The Bertz CT molecular complexity index is 1150. The second-order valence-electron chi connectivity index (χ2n) is 8.34. The molecule has 34 heavy (non-hydrogen) atoms. The number of nitrogens with one attached hydrogen (secondary N) is 1. The number of nitrogens with zero attached hydrogens (tertiary/aromatic N) is 1. The van der Waals surface area contributed by atoms with Crippen molar-refractivity contribution in [2.24, 2.45) is 0 Å². The van der Waals surface area contributed by atoms with Gasteiger partial charge < -0.3 is 10.1 Å². The SMILES string of the molecule is CC[C@@H](c1ccc(Br)cc1)N(C(=O)OCc1ccc(C(=O)Nc2ccccc2S)cc1)C1CC1. The zero-order valence-electron chi connectivity index (χ0n) is 18.9. The minimum Gasteiger partial charge on any atom is -0.445 e. The van der Waals surface area contributed by atoms with E-state index in [0.717, 1.165) is 34.9 Å². The van der Waals surface area contributed by atoms with Crippen LogP contribution >= 0.6 is 28.6 Å². The summed E-state index contributed by atoms with van der Waals surface area (Å²) >= 11 is 7.84. The number of hydrogen-bond donors (Lipinski definition) is 2. The summed E-state index contributed by atoms with van der Waals surface area (Å²) in [6.07, 6.45) is 2.51. The second kappa shape index (κ2) is 11.1. The maximum atomic E-state index is 13.1. The molecule has 1 atom stereocenters. The first-order valence-corrected chi connectivity index (χ1v) is 12.6. The van der Waals surface area contributed by atoms with E-state index in [0.29, 0.717) is 16.1 Å². The van der Waals surface area contributed by atoms with Gasteiger partial charge in [-0.1, -0.05) is 59.3 Å². The second-order valence-corrected chi connectivity index (χ2v) is 9.73. The summed E-state index contributed by atoms with van der Waals surface area (Å²) in [6.45, 7) is 2.24. The van der Waals surface area contributed by atoms with Crippen molar-refractivity contribution in [2.45, 2.75) is 49.8 Å². The van der Waals surface area contributed by atoms with Crippen molar-refractivity contribution in [1.29, 1.82) is 0 Å². The molecule has 1 saturated carbocycles. The van der Waals surface area contributed by atoms with Gasteiger partial charge >= 0.3 is 6.09 Å². The molecule has 0 spiro atoms. The molecule has 0 heterocycles. The Hall–Kier alpha value is -2.77. The van der Waals surface area contributed by atoms with Crippen LogP contribution < -0.4 is 5.32 Å². The summed E-state index contributed by atoms with van der Waals surface area (Å²) in [5.41, 5.74) is 3.11.